The van der Waals surface area contributed by atoms with Crippen LogP contribution in [0.1, 0.15) is 37.6 Å². The Hall–Kier alpha value is -2.15. The summed E-state index contributed by atoms with van der Waals surface area (Å²) in [6.45, 7) is 6.17. The molecule has 7 nitrogen and oxygen atoms in total. The summed E-state index contributed by atoms with van der Waals surface area (Å²) in [5.74, 6) is 5.57. The number of nitrogens with zero attached hydrogens (tertiary/aromatic N) is 2. The smallest absolute Gasteiger partial charge is 0.293 e. The molecule has 1 amide bonds. The Balaban J connectivity index is 3.00. The van der Waals surface area contributed by atoms with E-state index in [1.165, 1.54) is 18.2 Å². The quantitative estimate of drug-likeness (QED) is 0.476. The second-order valence-corrected chi connectivity index (χ2v) is 5.53. The van der Waals surface area contributed by atoms with Crippen LogP contribution in [0.25, 0.3) is 0 Å². The Labute approximate surface area is 124 Å². The number of hydrazine groups is 1. The lowest BCUT2D eigenvalue weighted by Crippen LogP contribution is -2.36. The third-order valence-electron chi connectivity index (χ3n) is 3.39. The number of amides is 1. The number of rotatable bonds is 6. The fourth-order valence-electron chi connectivity index (χ4n) is 2.19. The van der Waals surface area contributed by atoms with Crippen LogP contribution in [0.2, 0.25) is 0 Å². The van der Waals surface area contributed by atoms with Gasteiger partial charge in [0, 0.05) is 24.7 Å². The number of carbonyl (C=O) groups excluding carboxylic acids is 1. The molecule has 3 N–H and O–H groups in total. The highest BCUT2D eigenvalue weighted by atomic mass is 16.6. The zero-order valence-corrected chi connectivity index (χ0v) is 12.8. The first-order valence-corrected chi connectivity index (χ1v) is 6.80. The molecule has 0 bridgehead atoms. The molecule has 0 heterocycles. The van der Waals surface area contributed by atoms with E-state index in [0.29, 0.717) is 11.5 Å². The molecule has 116 valence electrons. The maximum absolute atomic E-state index is 12.4. The highest BCUT2D eigenvalue weighted by Gasteiger charge is 2.21. The molecule has 0 radical (unpaired) electrons. The van der Waals surface area contributed by atoms with Gasteiger partial charge in [-0.05, 0) is 31.4 Å². The first-order valence-electron chi connectivity index (χ1n) is 6.80. The molecule has 1 aromatic carbocycles. The van der Waals surface area contributed by atoms with E-state index >= 15 is 0 Å². The molecule has 0 aliphatic carbocycles. The van der Waals surface area contributed by atoms with Gasteiger partial charge in [-0.3, -0.25) is 20.8 Å². The molecule has 21 heavy (non-hydrogen) atoms. The molecule has 1 atom stereocenters. The normalized spacial score (nSPS) is 12.1. The van der Waals surface area contributed by atoms with Gasteiger partial charge in [-0.1, -0.05) is 13.8 Å². The number of nitrogens with two attached hydrogens (primary N) is 1. The lowest BCUT2D eigenvalue weighted by atomic mass is 10.0. The predicted molar refractivity (Wildman–Crippen MR) is 81.9 cm³/mol. The summed E-state index contributed by atoms with van der Waals surface area (Å²) in [5.41, 5.74) is 2.59. The molecule has 0 fully saturated rings. The number of hydrogen-bond acceptors (Lipinski definition) is 5. The predicted octanol–water partition coefficient (Wildman–Crippen LogP) is 2.39. The molecular weight excluding hydrogens is 272 g/mol. The third kappa shape index (κ3) is 4.16. The van der Waals surface area contributed by atoms with Crippen molar-refractivity contribution in [2.45, 2.75) is 33.2 Å². The molecule has 0 aromatic heterocycles. The number of nitrogen functional groups attached to an aromatic ring is 1. The van der Waals surface area contributed by atoms with Crippen molar-refractivity contribution in [3.63, 3.8) is 0 Å². The van der Waals surface area contributed by atoms with Crippen LogP contribution in [0.4, 0.5) is 11.4 Å². The lowest BCUT2D eigenvalue weighted by molar-refractivity contribution is -0.384. The highest BCUT2D eigenvalue weighted by molar-refractivity contribution is 5.96. The first-order chi connectivity index (χ1) is 9.77. The maximum atomic E-state index is 12.4. The Bertz CT molecular complexity index is 531. The van der Waals surface area contributed by atoms with Gasteiger partial charge in [0.05, 0.1) is 4.92 Å². The van der Waals surface area contributed by atoms with Crippen molar-refractivity contribution in [3.05, 3.63) is 33.9 Å². The van der Waals surface area contributed by atoms with Crippen molar-refractivity contribution in [1.82, 2.24) is 4.90 Å². The zero-order valence-electron chi connectivity index (χ0n) is 12.8. The van der Waals surface area contributed by atoms with Gasteiger partial charge >= 0.3 is 0 Å². The molecule has 1 unspecified atom stereocenters. The fourth-order valence-corrected chi connectivity index (χ4v) is 2.19. The Kier molecular flexibility index (Phi) is 5.66. The molecular formula is C14H22N4O3. The van der Waals surface area contributed by atoms with Crippen molar-refractivity contribution >= 4 is 17.3 Å². The summed E-state index contributed by atoms with van der Waals surface area (Å²) in [5, 5.41) is 10.8. The van der Waals surface area contributed by atoms with Gasteiger partial charge in [0.2, 0.25) is 0 Å². The van der Waals surface area contributed by atoms with Gasteiger partial charge in [0.15, 0.2) is 0 Å². The summed E-state index contributed by atoms with van der Waals surface area (Å²) in [6.07, 6.45) is 0.886. The largest absolute Gasteiger partial charge is 0.339 e. The van der Waals surface area contributed by atoms with E-state index in [9.17, 15) is 14.9 Å². The second-order valence-electron chi connectivity index (χ2n) is 5.53. The van der Waals surface area contributed by atoms with E-state index in [0.717, 1.165) is 6.42 Å². The highest BCUT2D eigenvalue weighted by Crippen LogP contribution is 2.25. The Morgan fingerprint density at radius 2 is 2.05 bits per heavy atom. The number of anilines is 1. The number of nitro benzene ring substituents is 1. The number of nitro groups is 1. The van der Waals surface area contributed by atoms with Crippen LogP contribution in [0.3, 0.4) is 0 Å². The zero-order chi connectivity index (χ0) is 16.2. The van der Waals surface area contributed by atoms with Crippen LogP contribution in [-0.2, 0) is 0 Å². The summed E-state index contributed by atoms with van der Waals surface area (Å²) in [6, 6.07) is 4.21. The van der Waals surface area contributed by atoms with Crippen LogP contribution in [0, 0.1) is 16.0 Å². The third-order valence-corrected chi connectivity index (χ3v) is 3.39. The SMILES string of the molecule is CC(C)CC(C)N(C)C(=O)c1ccc([N+](=O)[O-])c(NN)c1. The molecule has 0 spiro atoms. The van der Waals surface area contributed by atoms with Crippen molar-refractivity contribution < 1.29 is 9.72 Å². The fraction of sp³-hybridized carbons (Fsp3) is 0.500. The van der Waals surface area contributed by atoms with E-state index < -0.39 is 4.92 Å². The van der Waals surface area contributed by atoms with Gasteiger partial charge in [0.25, 0.3) is 11.6 Å². The van der Waals surface area contributed by atoms with E-state index in [-0.39, 0.29) is 23.3 Å². The average molecular weight is 294 g/mol. The molecule has 1 rings (SSSR count). The maximum Gasteiger partial charge on any atom is 0.293 e. The number of hydrogen-bond donors (Lipinski definition) is 2. The molecule has 1 aromatic rings. The molecule has 0 aliphatic heterocycles. The van der Waals surface area contributed by atoms with Crippen molar-refractivity contribution in [2.75, 3.05) is 12.5 Å². The second kappa shape index (κ2) is 7.03. The summed E-state index contributed by atoms with van der Waals surface area (Å²) in [7, 11) is 1.73. The van der Waals surface area contributed by atoms with Crippen LogP contribution >= 0.6 is 0 Å². The lowest BCUT2D eigenvalue weighted by Gasteiger charge is -2.26. The number of benzene rings is 1. The van der Waals surface area contributed by atoms with Gasteiger partial charge in [0.1, 0.15) is 5.69 Å². The van der Waals surface area contributed by atoms with Gasteiger partial charge in [-0.25, -0.2) is 0 Å². The molecule has 0 saturated heterocycles. The minimum absolute atomic E-state index is 0.0852. The average Bonchev–Trinajstić information content (AvgIpc) is 2.43. The van der Waals surface area contributed by atoms with E-state index in [4.69, 9.17) is 5.84 Å². The minimum atomic E-state index is -0.547. The summed E-state index contributed by atoms with van der Waals surface area (Å²) >= 11 is 0. The topological polar surface area (TPSA) is 102 Å². The van der Waals surface area contributed by atoms with Crippen molar-refractivity contribution in [1.29, 1.82) is 0 Å². The van der Waals surface area contributed by atoms with Crippen LogP contribution in [0.15, 0.2) is 18.2 Å². The van der Waals surface area contributed by atoms with E-state index in [2.05, 4.69) is 19.3 Å². The van der Waals surface area contributed by atoms with Gasteiger partial charge in [-0.15, -0.1) is 0 Å². The summed E-state index contributed by atoms with van der Waals surface area (Å²) < 4.78 is 0. The van der Waals surface area contributed by atoms with Gasteiger partial charge < -0.3 is 10.3 Å². The number of carbonyl (C=O) groups is 1. The van der Waals surface area contributed by atoms with E-state index in [1.807, 2.05) is 6.92 Å². The van der Waals surface area contributed by atoms with Crippen molar-refractivity contribution in [3.8, 4) is 0 Å². The molecule has 0 aliphatic rings. The van der Waals surface area contributed by atoms with Crippen LogP contribution < -0.4 is 11.3 Å². The monoisotopic (exact) mass is 294 g/mol. The van der Waals surface area contributed by atoms with Gasteiger partial charge in [-0.2, -0.15) is 0 Å². The van der Waals surface area contributed by atoms with Crippen molar-refractivity contribution in [2.24, 2.45) is 11.8 Å². The van der Waals surface area contributed by atoms with Crippen LogP contribution in [0.5, 0.6) is 0 Å². The minimum Gasteiger partial charge on any atom is -0.339 e. The van der Waals surface area contributed by atoms with Crippen LogP contribution in [-0.4, -0.2) is 28.8 Å². The first kappa shape index (κ1) is 16.9. The van der Waals surface area contributed by atoms with E-state index in [1.54, 1.807) is 11.9 Å². The molecule has 0 saturated carbocycles. The number of nitrogens with one attached hydrogen (secondary N) is 1. The summed E-state index contributed by atoms with van der Waals surface area (Å²) in [4.78, 5) is 24.3. The Morgan fingerprint density at radius 1 is 1.43 bits per heavy atom. The Morgan fingerprint density at radius 3 is 2.52 bits per heavy atom. The standard InChI is InChI=1S/C14H22N4O3/c1-9(2)7-10(3)17(4)14(19)11-5-6-13(18(20)21)12(8-11)16-15/h5-6,8-10,16H,7,15H2,1-4H3. The molecule has 7 heteroatoms.